The first-order chi connectivity index (χ1) is 19.7. The number of imidazole rings is 1. The lowest BCUT2D eigenvalue weighted by Gasteiger charge is -2.36. The van der Waals surface area contributed by atoms with E-state index in [1.165, 1.54) is 12.1 Å². The van der Waals surface area contributed by atoms with Gasteiger partial charge in [0.2, 0.25) is 0 Å². The molecule has 5 aromatic carbocycles. The summed E-state index contributed by atoms with van der Waals surface area (Å²) in [5, 5.41) is 5.32. The monoisotopic (exact) mass is 520 g/mol. The van der Waals surface area contributed by atoms with Crippen molar-refractivity contribution in [2.75, 3.05) is 0 Å². The van der Waals surface area contributed by atoms with E-state index >= 15 is 0 Å². The van der Waals surface area contributed by atoms with Crippen LogP contribution in [0, 0.1) is 5.82 Å². The summed E-state index contributed by atoms with van der Waals surface area (Å²) in [6, 6.07) is 44.1. The van der Waals surface area contributed by atoms with Crippen molar-refractivity contribution in [3.05, 3.63) is 168 Å². The molecule has 2 aromatic heterocycles. The van der Waals surface area contributed by atoms with Crippen molar-refractivity contribution in [2.45, 2.75) is 5.54 Å². The van der Waals surface area contributed by atoms with Gasteiger partial charge in [0.1, 0.15) is 17.1 Å². The van der Waals surface area contributed by atoms with E-state index in [4.69, 9.17) is 5.10 Å². The third-order valence-corrected chi connectivity index (χ3v) is 7.48. The Hall–Kier alpha value is -5.29. The zero-order valence-electron chi connectivity index (χ0n) is 21.6. The van der Waals surface area contributed by atoms with E-state index in [0.717, 1.165) is 50.1 Å². The van der Waals surface area contributed by atoms with Gasteiger partial charge in [0.15, 0.2) is 0 Å². The van der Waals surface area contributed by atoms with Crippen LogP contribution in [0.25, 0.3) is 33.4 Å². The van der Waals surface area contributed by atoms with E-state index in [9.17, 15) is 4.39 Å². The minimum absolute atomic E-state index is 0.282. The third kappa shape index (κ3) is 3.91. The molecule has 0 spiro atoms. The second-order valence-corrected chi connectivity index (χ2v) is 9.79. The van der Waals surface area contributed by atoms with Crippen LogP contribution in [0.1, 0.15) is 16.7 Å². The standard InChI is InChI=1S/C35H25FN4/c36-30-19-16-25(17-20-30)34-31(26-18-21-32-33(22-26)38-24-37-32)23-40(39-34)35(27-10-4-1-5-11-27,28-12-6-2-7-13-28)29-14-8-3-9-15-29/h1-24H,(H,37,38). The Bertz CT molecular complexity index is 1790. The summed E-state index contributed by atoms with van der Waals surface area (Å²) >= 11 is 0. The van der Waals surface area contributed by atoms with Crippen LogP contribution in [0.3, 0.4) is 0 Å². The molecule has 4 nitrogen and oxygen atoms in total. The number of rotatable bonds is 6. The summed E-state index contributed by atoms with van der Waals surface area (Å²) in [7, 11) is 0. The molecular weight excluding hydrogens is 495 g/mol. The SMILES string of the molecule is Fc1ccc(-c2nn(C(c3ccccc3)(c3ccccc3)c3ccccc3)cc2-c2ccc3nc[nH]c3c2)cc1. The summed E-state index contributed by atoms with van der Waals surface area (Å²) < 4.78 is 16.1. The number of fused-ring (bicyclic) bond motifs is 1. The van der Waals surface area contributed by atoms with Gasteiger partial charge in [-0.3, -0.25) is 4.68 Å². The molecule has 7 rings (SSSR count). The van der Waals surface area contributed by atoms with Crippen LogP contribution in [0.15, 0.2) is 146 Å². The lowest BCUT2D eigenvalue weighted by molar-refractivity contribution is 0.461. The van der Waals surface area contributed by atoms with Crippen molar-refractivity contribution >= 4 is 11.0 Å². The van der Waals surface area contributed by atoms with E-state index < -0.39 is 5.54 Å². The molecule has 7 aromatic rings. The lowest BCUT2D eigenvalue weighted by atomic mass is 9.77. The van der Waals surface area contributed by atoms with Crippen LogP contribution in [0.5, 0.6) is 0 Å². The molecule has 0 atom stereocenters. The van der Waals surface area contributed by atoms with Gasteiger partial charge in [-0.15, -0.1) is 0 Å². The van der Waals surface area contributed by atoms with Gasteiger partial charge in [-0.2, -0.15) is 5.10 Å². The van der Waals surface area contributed by atoms with Crippen molar-refractivity contribution in [1.82, 2.24) is 19.7 Å². The van der Waals surface area contributed by atoms with Gasteiger partial charge < -0.3 is 4.98 Å². The maximum absolute atomic E-state index is 14.0. The number of hydrogen-bond acceptors (Lipinski definition) is 2. The fourth-order valence-electron chi connectivity index (χ4n) is 5.62. The number of aromatic amines is 1. The van der Waals surface area contributed by atoms with E-state index in [1.54, 1.807) is 18.5 Å². The lowest BCUT2D eigenvalue weighted by Crippen LogP contribution is -2.38. The molecule has 0 fully saturated rings. The molecule has 0 amide bonds. The Kier molecular flexibility index (Phi) is 5.82. The van der Waals surface area contributed by atoms with E-state index in [-0.39, 0.29) is 5.82 Å². The van der Waals surface area contributed by atoms with Crippen molar-refractivity contribution < 1.29 is 4.39 Å². The smallest absolute Gasteiger partial charge is 0.138 e. The summed E-state index contributed by atoms with van der Waals surface area (Å²) in [5.41, 5.74) is 7.84. The Labute approximate surface area is 231 Å². The largest absolute Gasteiger partial charge is 0.345 e. The quantitative estimate of drug-likeness (QED) is 0.225. The van der Waals surface area contributed by atoms with Crippen molar-refractivity contribution in [3.8, 4) is 22.4 Å². The van der Waals surface area contributed by atoms with Crippen molar-refractivity contribution in [3.63, 3.8) is 0 Å². The topological polar surface area (TPSA) is 46.5 Å². The number of benzene rings is 5. The summed E-state index contributed by atoms with van der Waals surface area (Å²) in [6.07, 6.45) is 3.81. The minimum Gasteiger partial charge on any atom is -0.345 e. The first-order valence-electron chi connectivity index (χ1n) is 13.2. The zero-order valence-corrected chi connectivity index (χ0v) is 21.6. The molecule has 2 heterocycles. The third-order valence-electron chi connectivity index (χ3n) is 7.48. The van der Waals surface area contributed by atoms with Crippen LogP contribution in [-0.2, 0) is 5.54 Å². The van der Waals surface area contributed by atoms with Crippen LogP contribution in [0.2, 0.25) is 0 Å². The molecule has 0 unspecified atom stereocenters. The first-order valence-corrected chi connectivity index (χ1v) is 13.2. The van der Waals surface area contributed by atoms with Gasteiger partial charge in [-0.25, -0.2) is 9.37 Å². The maximum Gasteiger partial charge on any atom is 0.138 e. The highest BCUT2D eigenvalue weighted by atomic mass is 19.1. The highest BCUT2D eigenvalue weighted by molar-refractivity contribution is 5.87. The van der Waals surface area contributed by atoms with Gasteiger partial charge in [-0.1, -0.05) is 97.1 Å². The molecule has 0 aliphatic carbocycles. The Morgan fingerprint density at radius 2 is 1.18 bits per heavy atom. The molecule has 1 N–H and O–H groups in total. The average molecular weight is 521 g/mol. The molecule has 192 valence electrons. The normalized spacial score (nSPS) is 11.6. The van der Waals surface area contributed by atoms with Crippen LogP contribution in [-0.4, -0.2) is 19.7 Å². The Balaban J connectivity index is 1.58. The molecule has 0 aliphatic rings. The fourth-order valence-corrected chi connectivity index (χ4v) is 5.62. The number of nitrogens with one attached hydrogen (secondary N) is 1. The number of hydrogen-bond donors (Lipinski definition) is 1. The van der Waals surface area contributed by atoms with Crippen molar-refractivity contribution in [2.24, 2.45) is 0 Å². The molecular formula is C35H25FN4. The van der Waals surface area contributed by atoms with Gasteiger partial charge in [0, 0.05) is 17.3 Å². The second-order valence-electron chi connectivity index (χ2n) is 9.79. The second kappa shape index (κ2) is 9.79. The van der Waals surface area contributed by atoms with E-state index in [1.807, 2.05) is 24.3 Å². The van der Waals surface area contributed by atoms with Crippen molar-refractivity contribution in [1.29, 1.82) is 0 Å². The molecule has 0 radical (unpaired) electrons. The zero-order chi connectivity index (χ0) is 26.9. The predicted octanol–water partition coefficient (Wildman–Crippen LogP) is 8.07. The average Bonchev–Trinajstić information content (AvgIpc) is 3.67. The number of halogens is 1. The molecule has 40 heavy (non-hydrogen) atoms. The first kappa shape index (κ1) is 23.8. The van der Waals surface area contributed by atoms with Crippen LogP contribution in [0.4, 0.5) is 4.39 Å². The number of H-pyrrole nitrogens is 1. The van der Waals surface area contributed by atoms with E-state index in [2.05, 4.69) is 106 Å². The molecule has 0 saturated heterocycles. The van der Waals surface area contributed by atoms with Gasteiger partial charge in [-0.05, 0) is 58.7 Å². The fraction of sp³-hybridized carbons (Fsp3) is 0.0286. The Morgan fingerprint density at radius 3 is 1.75 bits per heavy atom. The highest BCUT2D eigenvalue weighted by Gasteiger charge is 2.40. The highest BCUT2D eigenvalue weighted by Crippen LogP contribution is 2.43. The number of nitrogens with zero attached hydrogens (tertiary/aromatic N) is 3. The van der Waals surface area contributed by atoms with Gasteiger partial charge in [0.25, 0.3) is 0 Å². The summed E-state index contributed by atoms with van der Waals surface area (Å²) in [6.45, 7) is 0. The molecule has 0 aliphatic heterocycles. The summed E-state index contributed by atoms with van der Waals surface area (Å²) in [4.78, 5) is 7.61. The predicted molar refractivity (Wildman–Crippen MR) is 157 cm³/mol. The summed E-state index contributed by atoms with van der Waals surface area (Å²) in [5.74, 6) is -0.282. The van der Waals surface area contributed by atoms with Gasteiger partial charge in [0.05, 0.1) is 17.4 Å². The van der Waals surface area contributed by atoms with Gasteiger partial charge >= 0.3 is 0 Å². The van der Waals surface area contributed by atoms with E-state index in [0.29, 0.717) is 0 Å². The Morgan fingerprint density at radius 1 is 0.625 bits per heavy atom. The molecule has 0 bridgehead atoms. The van der Waals surface area contributed by atoms with Crippen LogP contribution >= 0.6 is 0 Å². The van der Waals surface area contributed by atoms with Crippen LogP contribution < -0.4 is 0 Å². The maximum atomic E-state index is 14.0. The molecule has 5 heteroatoms. The minimum atomic E-state index is -0.769. The number of aromatic nitrogens is 4. The molecule has 0 saturated carbocycles.